The van der Waals surface area contributed by atoms with Crippen LogP contribution in [0.4, 0.5) is 10.5 Å². The Kier molecular flexibility index (Phi) is 4.81. The third kappa shape index (κ3) is 3.26. The van der Waals surface area contributed by atoms with Crippen LogP contribution < -0.4 is 5.32 Å². The number of nitrogens with one attached hydrogen (secondary N) is 1. The Bertz CT molecular complexity index is 742. The Balaban J connectivity index is 1.77. The van der Waals surface area contributed by atoms with Crippen molar-refractivity contribution in [3.05, 3.63) is 46.3 Å². The van der Waals surface area contributed by atoms with E-state index in [0.717, 1.165) is 35.5 Å². The zero-order valence-electron chi connectivity index (χ0n) is 14.2. The molecule has 1 aliphatic rings. The number of nitrogens with zero attached hydrogens (tertiary/aromatic N) is 2. The molecule has 1 saturated heterocycles. The fourth-order valence-electron chi connectivity index (χ4n) is 2.97. The molecule has 0 saturated carbocycles. The van der Waals surface area contributed by atoms with Gasteiger partial charge in [0.05, 0.1) is 11.7 Å². The molecular weight excluding hydrogens is 326 g/mol. The molecule has 1 fully saturated rings. The summed E-state index contributed by atoms with van der Waals surface area (Å²) < 4.78 is 5.49. The van der Waals surface area contributed by atoms with Crippen LogP contribution in [0.1, 0.15) is 55.7 Å². The molecule has 0 bridgehead atoms. The highest BCUT2D eigenvalue weighted by Gasteiger charge is 2.33. The molecule has 6 heteroatoms. The van der Waals surface area contributed by atoms with Gasteiger partial charge in [0, 0.05) is 23.3 Å². The van der Waals surface area contributed by atoms with E-state index >= 15 is 0 Å². The molecule has 3 rings (SSSR count). The van der Waals surface area contributed by atoms with Gasteiger partial charge in [-0.3, -0.25) is 0 Å². The summed E-state index contributed by atoms with van der Waals surface area (Å²) >= 11 is 6.13. The lowest BCUT2D eigenvalue weighted by molar-refractivity contribution is 0.195. The summed E-state index contributed by atoms with van der Waals surface area (Å²) in [7, 11) is 0. The molecule has 1 unspecified atom stereocenters. The molecule has 1 aromatic carbocycles. The van der Waals surface area contributed by atoms with Gasteiger partial charge in [-0.1, -0.05) is 36.7 Å². The van der Waals surface area contributed by atoms with Gasteiger partial charge in [-0.15, -0.1) is 0 Å². The summed E-state index contributed by atoms with van der Waals surface area (Å²) in [6, 6.07) is 7.27. The van der Waals surface area contributed by atoms with Crippen molar-refractivity contribution in [2.24, 2.45) is 0 Å². The highest BCUT2D eigenvalue weighted by molar-refractivity contribution is 6.31. The number of rotatable bonds is 3. The summed E-state index contributed by atoms with van der Waals surface area (Å²) in [6.07, 6.45) is 1.83. The summed E-state index contributed by atoms with van der Waals surface area (Å²) in [5.41, 5.74) is 2.52. The van der Waals surface area contributed by atoms with E-state index in [2.05, 4.69) is 24.3 Å². The zero-order valence-corrected chi connectivity index (χ0v) is 14.9. The summed E-state index contributed by atoms with van der Waals surface area (Å²) in [5, 5.41) is 7.72. The summed E-state index contributed by atoms with van der Waals surface area (Å²) in [4.78, 5) is 14.5. The fraction of sp³-hybridized carbons (Fsp3) is 0.444. The standard InChI is InChI=1S/C18H22ClN3O2/c1-11(2)15-10-17(24-21-15)16-8-5-9-22(16)18(23)20-14-7-4-6-13(19)12(14)3/h4,6-7,10-11,16H,5,8-9H2,1-3H3,(H,20,23). The average Bonchev–Trinajstić information content (AvgIpc) is 3.19. The van der Waals surface area contributed by atoms with Crippen LogP contribution in [0.15, 0.2) is 28.8 Å². The third-order valence-corrected chi connectivity index (χ3v) is 4.90. The van der Waals surface area contributed by atoms with E-state index in [1.165, 1.54) is 0 Å². The van der Waals surface area contributed by atoms with E-state index in [1.54, 1.807) is 0 Å². The molecule has 2 amide bonds. The Labute approximate surface area is 147 Å². The maximum atomic E-state index is 12.7. The Morgan fingerprint density at radius 1 is 1.46 bits per heavy atom. The SMILES string of the molecule is Cc1c(Cl)cccc1NC(=O)N1CCCC1c1cc(C(C)C)no1. The number of amides is 2. The molecule has 128 valence electrons. The molecule has 0 spiro atoms. The van der Waals surface area contributed by atoms with Gasteiger partial charge >= 0.3 is 6.03 Å². The first-order valence-corrected chi connectivity index (χ1v) is 8.64. The number of urea groups is 1. The molecule has 1 aromatic heterocycles. The molecule has 1 aliphatic heterocycles. The number of halogens is 1. The topological polar surface area (TPSA) is 58.4 Å². The van der Waals surface area contributed by atoms with E-state index in [-0.39, 0.29) is 12.1 Å². The molecule has 2 heterocycles. The molecule has 5 nitrogen and oxygen atoms in total. The number of carbonyl (C=O) groups is 1. The average molecular weight is 348 g/mol. The van der Waals surface area contributed by atoms with E-state index in [0.29, 0.717) is 17.5 Å². The highest BCUT2D eigenvalue weighted by Crippen LogP contribution is 2.34. The predicted octanol–water partition coefficient (Wildman–Crippen LogP) is 5.13. The second-order valence-corrected chi connectivity index (χ2v) is 6.91. The minimum absolute atomic E-state index is 0.0653. The Hall–Kier alpha value is -2.01. The first kappa shape index (κ1) is 16.8. The van der Waals surface area contributed by atoms with Crippen molar-refractivity contribution in [3.63, 3.8) is 0 Å². The normalized spacial score (nSPS) is 17.5. The second kappa shape index (κ2) is 6.85. The molecule has 1 N–H and O–H groups in total. The van der Waals surface area contributed by atoms with Crippen LogP contribution in [0.3, 0.4) is 0 Å². The number of anilines is 1. The number of hydrogen-bond donors (Lipinski definition) is 1. The van der Waals surface area contributed by atoms with Crippen molar-refractivity contribution in [3.8, 4) is 0 Å². The molecular formula is C18H22ClN3O2. The first-order valence-electron chi connectivity index (χ1n) is 8.26. The number of aromatic nitrogens is 1. The lowest BCUT2D eigenvalue weighted by Gasteiger charge is -2.23. The van der Waals surface area contributed by atoms with Crippen LogP contribution >= 0.6 is 11.6 Å². The summed E-state index contributed by atoms with van der Waals surface area (Å²) in [6.45, 7) is 6.74. The van der Waals surface area contributed by atoms with E-state index < -0.39 is 0 Å². The molecule has 0 aliphatic carbocycles. The zero-order chi connectivity index (χ0) is 17.3. The number of carbonyl (C=O) groups excluding carboxylic acids is 1. The van der Waals surface area contributed by atoms with E-state index in [9.17, 15) is 4.79 Å². The minimum atomic E-state index is -0.134. The van der Waals surface area contributed by atoms with Gasteiger partial charge in [0.1, 0.15) is 0 Å². The number of hydrogen-bond acceptors (Lipinski definition) is 3. The smallest absolute Gasteiger partial charge is 0.322 e. The number of benzene rings is 1. The Morgan fingerprint density at radius 3 is 2.96 bits per heavy atom. The molecule has 24 heavy (non-hydrogen) atoms. The van der Waals surface area contributed by atoms with Crippen LogP contribution in [0, 0.1) is 6.92 Å². The van der Waals surface area contributed by atoms with Crippen molar-refractivity contribution >= 4 is 23.3 Å². The van der Waals surface area contributed by atoms with Gasteiger partial charge in [0.25, 0.3) is 0 Å². The first-order chi connectivity index (χ1) is 11.5. The van der Waals surface area contributed by atoms with Crippen LogP contribution in [-0.2, 0) is 0 Å². The number of likely N-dealkylation sites (tertiary alicyclic amines) is 1. The van der Waals surface area contributed by atoms with Gasteiger partial charge in [0.2, 0.25) is 0 Å². The van der Waals surface area contributed by atoms with Crippen molar-refractivity contribution in [2.45, 2.75) is 45.6 Å². The van der Waals surface area contributed by atoms with E-state index in [4.69, 9.17) is 16.1 Å². The third-order valence-electron chi connectivity index (χ3n) is 4.49. The maximum Gasteiger partial charge on any atom is 0.322 e. The maximum absolute atomic E-state index is 12.7. The highest BCUT2D eigenvalue weighted by atomic mass is 35.5. The molecule has 0 radical (unpaired) electrons. The van der Waals surface area contributed by atoms with Crippen LogP contribution in [0.5, 0.6) is 0 Å². The Morgan fingerprint density at radius 2 is 2.25 bits per heavy atom. The van der Waals surface area contributed by atoms with Crippen LogP contribution in [0.2, 0.25) is 5.02 Å². The fourth-order valence-corrected chi connectivity index (χ4v) is 3.14. The van der Waals surface area contributed by atoms with Crippen LogP contribution in [0.25, 0.3) is 0 Å². The largest absolute Gasteiger partial charge is 0.359 e. The monoisotopic (exact) mass is 347 g/mol. The minimum Gasteiger partial charge on any atom is -0.359 e. The van der Waals surface area contributed by atoms with Crippen molar-refractivity contribution < 1.29 is 9.32 Å². The predicted molar refractivity (Wildman–Crippen MR) is 94.5 cm³/mol. The van der Waals surface area contributed by atoms with Gasteiger partial charge in [-0.2, -0.15) is 0 Å². The molecule has 1 atom stereocenters. The van der Waals surface area contributed by atoms with Gasteiger partial charge in [-0.05, 0) is 43.4 Å². The second-order valence-electron chi connectivity index (χ2n) is 6.50. The molecule has 2 aromatic rings. The van der Waals surface area contributed by atoms with Crippen molar-refractivity contribution in [1.82, 2.24) is 10.1 Å². The lowest BCUT2D eigenvalue weighted by Crippen LogP contribution is -2.34. The van der Waals surface area contributed by atoms with Crippen molar-refractivity contribution in [1.29, 1.82) is 0 Å². The lowest BCUT2D eigenvalue weighted by atomic mass is 10.1. The quantitative estimate of drug-likeness (QED) is 0.837. The van der Waals surface area contributed by atoms with Crippen LogP contribution in [-0.4, -0.2) is 22.6 Å². The van der Waals surface area contributed by atoms with Gasteiger partial charge < -0.3 is 14.7 Å². The van der Waals surface area contributed by atoms with Gasteiger partial charge in [-0.25, -0.2) is 4.79 Å². The van der Waals surface area contributed by atoms with Crippen molar-refractivity contribution in [2.75, 3.05) is 11.9 Å². The van der Waals surface area contributed by atoms with Gasteiger partial charge in [0.15, 0.2) is 5.76 Å². The van der Waals surface area contributed by atoms with E-state index in [1.807, 2.05) is 36.1 Å². The summed E-state index contributed by atoms with van der Waals surface area (Å²) in [5.74, 6) is 1.06.